The number of nitrogens with one attached hydrogen (secondary N) is 1. The first kappa shape index (κ1) is 21.1. The zero-order chi connectivity index (χ0) is 21.3. The minimum Gasteiger partial charge on any atom is -0.368 e. The first-order valence-electron chi connectivity index (χ1n) is 10.1. The Morgan fingerprint density at radius 2 is 1.86 bits per heavy atom. The number of nitrogens with zero attached hydrogens (tertiary/aromatic N) is 2. The van der Waals surface area contributed by atoms with Crippen LogP contribution in [0.4, 0.5) is 9.18 Å². The van der Waals surface area contributed by atoms with Crippen molar-refractivity contribution in [3.63, 3.8) is 0 Å². The molecule has 1 unspecified atom stereocenters. The molecule has 2 amide bonds. The minimum atomic E-state index is -0.959. The molecule has 1 fully saturated rings. The molecule has 0 spiro atoms. The number of fused-ring (bicyclic) bond motifs is 1. The highest BCUT2D eigenvalue weighted by Crippen LogP contribution is 2.26. The summed E-state index contributed by atoms with van der Waals surface area (Å²) in [5.74, 6) is -0.840. The van der Waals surface area contributed by atoms with Gasteiger partial charge in [0.1, 0.15) is 11.9 Å². The fourth-order valence-electron chi connectivity index (χ4n) is 4.13. The van der Waals surface area contributed by atoms with Crippen molar-refractivity contribution in [1.82, 2.24) is 14.5 Å². The highest BCUT2D eigenvalue weighted by atomic mass is 19.1. The lowest BCUT2D eigenvalue weighted by Crippen LogP contribution is -2.54. The van der Waals surface area contributed by atoms with E-state index < -0.39 is 34.9 Å². The molecule has 1 aliphatic carbocycles. The van der Waals surface area contributed by atoms with Gasteiger partial charge in [-0.25, -0.2) is 18.5 Å². The fraction of sp³-hybridized carbons (Fsp3) is 0.571. The Bertz CT molecular complexity index is 980. The van der Waals surface area contributed by atoms with Gasteiger partial charge in [0.05, 0.1) is 11.0 Å². The summed E-state index contributed by atoms with van der Waals surface area (Å²) in [4.78, 5) is 38.0. The average molecular weight is 404 g/mol. The second kappa shape index (κ2) is 8.00. The minimum absolute atomic E-state index is 0.307. The summed E-state index contributed by atoms with van der Waals surface area (Å²) in [6, 6.07) is 2.20. The summed E-state index contributed by atoms with van der Waals surface area (Å²) >= 11 is 0. The number of carbonyl (C=O) groups is 2. The molecule has 1 aromatic heterocycles. The number of aromatic nitrogens is 2. The lowest BCUT2D eigenvalue weighted by molar-refractivity contribution is -0.122. The van der Waals surface area contributed by atoms with Gasteiger partial charge in [0.15, 0.2) is 0 Å². The van der Waals surface area contributed by atoms with Crippen molar-refractivity contribution < 1.29 is 14.0 Å². The Balaban J connectivity index is 2.03. The predicted octanol–water partition coefficient (Wildman–Crippen LogP) is 2.98. The molecule has 8 heteroatoms. The molecule has 158 valence electrons. The van der Waals surface area contributed by atoms with E-state index >= 15 is 0 Å². The molecule has 29 heavy (non-hydrogen) atoms. The molecular formula is C21H29FN4O3. The van der Waals surface area contributed by atoms with Crippen molar-refractivity contribution >= 4 is 23.0 Å². The average Bonchev–Trinajstić information content (AvgIpc) is 2.90. The topological polar surface area (TPSA) is 99.1 Å². The van der Waals surface area contributed by atoms with E-state index in [1.807, 2.05) is 0 Å². The number of imidazole rings is 1. The number of halogens is 1. The third-order valence-corrected chi connectivity index (χ3v) is 5.68. The van der Waals surface area contributed by atoms with E-state index in [0.29, 0.717) is 23.5 Å². The van der Waals surface area contributed by atoms with Gasteiger partial charge in [0.2, 0.25) is 5.91 Å². The van der Waals surface area contributed by atoms with Gasteiger partial charge in [-0.1, -0.05) is 40.0 Å². The summed E-state index contributed by atoms with van der Waals surface area (Å²) in [7, 11) is 0. The van der Waals surface area contributed by atoms with E-state index in [2.05, 4.69) is 5.32 Å². The molecule has 0 saturated heterocycles. The van der Waals surface area contributed by atoms with Gasteiger partial charge in [-0.15, -0.1) is 0 Å². The third kappa shape index (κ3) is 4.36. The molecule has 1 aromatic carbocycles. The standard InChI is InChI=1S/C21H29FN4O3/c1-21(2,3)17(18(23)27)24-19(28)26-15-10-9-14(22)11-16(15)25(20(26)29)12-13-7-5-4-6-8-13/h9-11,13,17H,4-8,12H2,1-3H3,(H2,23,27)(H,24,28). The number of hydrogen-bond donors (Lipinski definition) is 2. The normalized spacial score (nSPS) is 16.7. The molecule has 3 rings (SSSR count). The second-order valence-corrected chi connectivity index (χ2v) is 9.02. The number of primary amides is 1. The number of nitrogens with two attached hydrogens (primary N) is 1. The van der Waals surface area contributed by atoms with Crippen LogP contribution in [0.5, 0.6) is 0 Å². The van der Waals surface area contributed by atoms with Crippen molar-refractivity contribution in [2.24, 2.45) is 17.1 Å². The van der Waals surface area contributed by atoms with Crippen LogP contribution in [-0.2, 0) is 11.3 Å². The predicted molar refractivity (Wildman–Crippen MR) is 109 cm³/mol. The molecule has 1 heterocycles. The first-order chi connectivity index (χ1) is 13.6. The van der Waals surface area contributed by atoms with Crippen molar-refractivity contribution in [2.75, 3.05) is 0 Å². The Labute approximate surface area is 169 Å². The lowest BCUT2D eigenvalue weighted by Gasteiger charge is -2.28. The van der Waals surface area contributed by atoms with Crippen LogP contribution in [0.25, 0.3) is 11.0 Å². The fourth-order valence-corrected chi connectivity index (χ4v) is 4.13. The van der Waals surface area contributed by atoms with Gasteiger partial charge < -0.3 is 11.1 Å². The largest absolute Gasteiger partial charge is 0.368 e. The Hall–Kier alpha value is -2.64. The van der Waals surface area contributed by atoms with Crippen molar-refractivity contribution in [2.45, 2.75) is 65.5 Å². The lowest BCUT2D eigenvalue weighted by atomic mass is 9.86. The maximum Gasteiger partial charge on any atom is 0.337 e. The number of carbonyl (C=O) groups excluding carboxylic acids is 2. The molecule has 1 saturated carbocycles. The van der Waals surface area contributed by atoms with Crippen LogP contribution in [0, 0.1) is 17.2 Å². The highest BCUT2D eigenvalue weighted by molar-refractivity contribution is 5.92. The van der Waals surface area contributed by atoms with Gasteiger partial charge in [-0.2, -0.15) is 0 Å². The van der Waals surface area contributed by atoms with Gasteiger partial charge in [0.25, 0.3) is 0 Å². The van der Waals surface area contributed by atoms with E-state index in [9.17, 15) is 18.8 Å². The van der Waals surface area contributed by atoms with Crippen molar-refractivity contribution in [3.8, 4) is 0 Å². The zero-order valence-electron chi connectivity index (χ0n) is 17.2. The molecule has 2 aromatic rings. The van der Waals surface area contributed by atoms with Gasteiger partial charge in [0, 0.05) is 6.54 Å². The number of rotatable bonds is 4. The number of benzene rings is 1. The van der Waals surface area contributed by atoms with Gasteiger partial charge in [-0.05, 0) is 42.4 Å². The van der Waals surface area contributed by atoms with Gasteiger partial charge in [-0.3, -0.25) is 9.36 Å². The van der Waals surface area contributed by atoms with Crippen LogP contribution in [-0.4, -0.2) is 27.1 Å². The molecule has 0 bridgehead atoms. The quantitative estimate of drug-likeness (QED) is 0.819. The van der Waals surface area contributed by atoms with Crippen LogP contribution >= 0.6 is 0 Å². The molecular weight excluding hydrogens is 375 g/mol. The van der Waals surface area contributed by atoms with Crippen LogP contribution in [0.3, 0.4) is 0 Å². The van der Waals surface area contributed by atoms with Crippen LogP contribution in [0.1, 0.15) is 52.9 Å². The van der Waals surface area contributed by atoms with E-state index in [-0.39, 0.29) is 0 Å². The van der Waals surface area contributed by atoms with Gasteiger partial charge >= 0.3 is 11.7 Å². The van der Waals surface area contributed by atoms with Crippen LogP contribution < -0.4 is 16.7 Å². The number of amides is 2. The monoisotopic (exact) mass is 404 g/mol. The van der Waals surface area contributed by atoms with E-state index in [4.69, 9.17) is 5.73 Å². The summed E-state index contributed by atoms with van der Waals surface area (Å²) in [6.07, 6.45) is 5.42. The summed E-state index contributed by atoms with van der Waals surface area (Å²) in [5.41, 5.74) is 4.97. The van der Waals surface area contributed by atoms with E-state index in [0.717, 1.165) is 30.3 Å². The SMILES string of the molecule is CC(C)(C)C(NC(=O)n1c(=O)n(CC2CCCCC2)c2cc(F)ccc21)C(N)=O. The number of hydrogen-bond acceptors (Lipinski definition) is 3. The summed E-state index contributed by atoms with van der Waals surface area (Å²) in [6.45, 7) is 5.76. The van der Waals surface area contributed by atoms with Crippen molar-refractivity contribution in [3.05, 3.63) is 34.5 Å². The van der Waals surface area contributed by atoms with Crippen LogP contribution in [0.2, 0.25) is 0 Å². The molecule has 0 aliphatic heterocycles. The third-order valence-electron chi connectivity index (χ3n) is 5.68. The Morgan fingerprint density at radius 1 is 1.21 bits per heavy atom. The van der Waals surface area contributed by atoms with Crippen LogP contribution in [0.15, 0.2) is 23.0 Å². The Kier molecular flexibility index (Phi) is 5.82. The first-order valence-corrected chi connectivity index (χ1v) is 10.1. The maximum atomic E-state index is 13.9. The van der Waals surface area contributed by atoms with E-state index in [1.54, 1.807) is 20.8 Å². The molecule has 3 N–H and O–H groups in total. The maximum absolute atomic E-state index is 13.9. The molecule has 1 aliphatic rings. The molecule has 1 atom stereocenters. The van der Waals surface area contributed by atoms with Crippen molar-refractivity contribution in [1.29, 1.82) is 0 Å². The van der Waals surface area contributed by atoms with E-state index in [1.165, 1.54) is 29.2 Å². The highest BCUT2D eigenvalue weighted by Gasteiger charge is 2.32. The Morgan fingerprint density at radius 3 is 2.45 bits per heavy atom. The smallest absolute Gasteiger partial charge is 0.337 e. The zero-order valence-corrected chi connectivity index (χ0v) is 17.2. The summed E-state index contributed by atoms with van der Waals surface area (Å²) < 4.78 is 16.4. The molecule has 0 radical (unpaired) electrons. The molecule has 7 nitrogen and oxygen atoms in total. The second-order valence-electron chi connectivity index (χ2n) is 9.02. The summed E-state index contributed by atoms with van der Waals surface area (Å²) in [5, 5.41) is 2.58.